The Kier molecular flexibility index (Phi) is 6.67. The Morgan fingerprint density at radius 3 is 2.10 bits per heavy atom. The summed E-state index contributed by atoms with van der Waals surface area (Å²) < 4.78 is 0. The van der Waals surface area contributed by atoms with Crippen molar-refractivity contribution in [3.05, 3.63) is 70.8 Å². The van der Waals surface area contributed by atoms with E-state index in [2.05, 4.69) is 68.9 Å². The summed E-state index contributed by atoms with van der Waals surface area (Å²) >= 11 is 3.93. The van der Waals surface area contributed by atoms with Crippen molar-refractivity contribution in [1.29, 1.82) is 0 Å². The summed E-state index contributed by atoms with van der Waals surface area (Å²) in [6, 6.07) is 0. The minimum absolute atomic E-state index is 0.106. The lowest BCUT2D eigenvalue weighted by molar-refractivity contribution is 0.223. The lowest BCUT2D eigenvalue weighted by atomic mass is 9.65. The number of halogens is 1. The summed E-state index contributed by atoms with van der Waals surface area (Å²) in [6.45, 7) is 17.0. The van der Waals surface area contributed by atoms with Gasteiger partial charge in [0.2, 0.25) is 0 Å². The molecule has 3 aliphatic carbocycles. The molecule has 0 aromatic heterocycles. The van der Waals surface area contributed by atoms with Gasteiger partial charge in [0.05, 0.1) is 4.83 Å². The van der Waals surface area contributed by atoms with Crippen LogP contribution in [0.1, 0.15) is 53.4 Å². The van der Waals surface area contributed by atoms with Crippen LogP contribution in [-0.4, -0.2) is 15.0 Å². The van der Waals surface area contributed by atoms with Crippen LogP contribution < -0.4 is 0 Å². The van der Waals surface area contributed by atoms with E-state index >= 15 is 0 Å². The highest BCUT2D eigenvalue weighted by molar-refractivity contribution is 9.09. The van der Waals surface area contributed by atoms with Gasteiger partial charge in [0.25, 0.3) is 0 Å². The Labute approximate surface area is 184 Å². The van der Waals surface area contributed by atoms with Gasteiger partial charge in [-0.25, -0.2) is 0 Å². The molecule has 6 atom stereocenters. The number of rotatable bonds is 4. The fourth-order valence-corrected chi connectivity index (χ4v) is 6.67. The maximum absolute atomic E-state index is 10.9. The molecule has 0 amide bonds. The molecule has 0 heterocycles. The van der Waals surface area contributed by atoms with Gasteiger partial charge in [-0.05, 0) is 76.7 Å². The highest BCUT2D eigenvalue weighted by Gasteiger charge is 2.44. The van der Waals surface area contributed by atoms with Crippen LogP contribution in [0.25, 0.3) is 0 Å². The first-order chi connectivity index (χ1) is 13.6. The quantitative estimate of drug-likeness (QED) is 0.334. The maximum atomic E-state index is 10.9. The van der Waals surface area contributed by atoms with Gasteiger partial charge in [0.15, 0.2) is 0 Å². The van der Waals surface area contributed by atoms with Gasteiger partial charge in [-0.1, -0.05) is 63.5 Å². The van der Waals surface area contributed by atoms with Crippen LogP contribution in [0.15, 0.2) is 70.8 Å². The van der Waals surface area contributed by atoms with Crippen LogP contribution >= 0.6 is 15.9 Å². The summed E-state index contributed by atoms with van der Waals surface area (Å²) in [5.41, 5.74) is 6.03. The molecule has 0 saturated heterocycles. The summed E-state index contributed by atoms with van der Waals surface area (Å²) in [6.07, 6.45) is 10.5. The molecular formula is C26H35BrO2. The molecule has 0 aromatic carbocycles. The molecule has 29 heavy (non-hydrogen) atoms. The lowest BCUT2D eigenvalue weighted by Crippen LogP contribution is -2.38. The Morgan fingerprint density at radius 2 is 1.52 bits per heavy atom. The molecule has 0 bridgehead atoms. The zero-order valence-corrected chi connectivity index (χ0v) is 19.8. The monoisotopic (exact) mass is 458 g/mol. The molecule has 0 spiro atoms. The molecule has 2 N–H and O–H groups in total. The highest BCUT2D eigenvalue weighted by atomic mass is 79.9. The number of alkyl halides is 1. The second-order valence-corrected chi connectivity index (χ2v) is 10.4. The van der Waals surface area contributed by atoms with Gasteiger partial charge in [-0.3, -0.25) is 0 Å². The van der Waals surface area contributed by atoms with E-state index in [1.165, 1.54) is 16.7 Å². The molecule has 2 nitrogen and oxygen atoms in total. The van der Waals surface area contributed by atoms with Crippen LogP contribution in [0.3, 0.4) is 0 Å². The van der Waals surface area contributed by atoms with Crippen molar-refractivity contribution >= 4 is 15.9 Å². The molecule has 0 aliphatic heterocycles. The standard InChI is InChI=1S/C26H35BrO2/c1-14(2)18-9-7-16(5)11-20(18)24-22(28)13-23(29)25(26(24)27)21-12-17(6)8-10-19(21)15(3)4/h11-13,18-21,24,26,28-29H,1,3,7-10H2,2,4-6H3/t18-,19-,20+,21+,24?,26?/m0/s1. The number of hydrogen-bond acceptors (Lipinski definition) is 2. The predicted molar refractivity (Wildman–Crippen MR) is 126 cm³/mol. The third-order valence-electron chi connectivity index (χ3n) is 7.11. The van der Waals surface area contributed by atoms with Crippen molar-refractivity contribution in [2.24, 2.45) is 29.6 Å². The van der Waals surface area contributed by atoms with Gasteiger partial charge >= 0.3 is 0 Å². The summed E-state index contributed by atoms with van der Waals surface area (Å²) in [4.78, 5) is -0.129. The van der Waals surface area contributed by atoms with E-state index in [1.54, 1.807) is 6.08 Å². The molecule has 3 aliphatic rings. The van der Waals surface area contributed by atoms with E-state index in [4.69, 9.17) is 0 Å². The third kappa shape index (κ3) is 4.35. The Bertz CT molecular complexity index is 826. The van der Waals surface area contributed by atoms with E-state index < -0.39 is 0 Å². The average Bonchev–Trinajstić information content (AvgIpc) is 2.61. The summed E-state index contributed by atoms with van der Waals surface area (Å²) in [7, 11) is 0. The number of aliphatic hydroxyl groups excluding tert-OH is 2. The molecule has 0 fully saturated rings. The van der Waals surface area contributed by atoms with E-state index in [0.29, 0.717) is 11.8 Å². The largest absolute Gasteiger partial charge is 0.512 e. The van der Waals surface area contributed by atoms with E-state index in [0.717, 1.165) is 36.8 Å². The molecular weight excluding hydrogens is 424 g/mol. The first kappa shape index (κ1) is 22.2. The van der Waals surface area contributed by atoms with Crippen molar-refractivity contribution in [3.63, 3.8) is 0 Å². The van der Waals surface area contributed by atoms with Crippen LogP contribution in [0, 0.1) is 29.6 Å². The Morgan fingerprint density at radius 1 is 0.966 bits per heavy atom. The van der Waals surface area contributed by atoms with Crippen LogP contribution in [0.5, 0.6) is 0 Å². The minimum atomic E-state index is -0.129. The van der Waals surface area contributed by atoms with E-state index in [9.17, 15) is 10.2 Å². The SMILES string of the molecule is C=C(C)[C@@H]1CCC(C)=C[C@H]1C1=C(O)C=C(O)C([C@@H]2C=C(C)CC[C@H]2C(=C)C)C1Br. The number of allylic oxidation sites excluding steroid dienone is 9. The van der Waals surface area contributed by atoms with E-state index in [-0.39, 0.29) is 34.1 Å². The van der Waals surface area contributed by atoms with Crippen LogP contribution in [-0.2, 0) is 0 Å². The molecule has 158 valence electrons. The molecule has 0 aromatic rings. The normalized spacial score (nSPS) is 35.6. The second kappa shape index (κ2) is 8.71. The van der Waals surface area contributed by atoms with Crippen molar-refractivity contribution in [1.82, 2.24) is 0 Å². The maximum Gasteiger partial charge on any atom is 0.119 e. The summed E-state index contributed by atoms with van der Waals surface area (Å²) in [5, 5.41) is 21.8. The lowest BCUT2D eigenvalue weighted by Gasteiger charge is -2.42. The average molecular weight is 459 g/mol. The molecule has 0 saturated carbocycles. The van der Waals surface area contributed by atoms with Gasteiger partial charge < -0.3 is 10.2 Å². The predicted octanol–water partition coefficient (Wildman–Crippen LogP) is 7.73. The van der Waals surface area contributed by atoms with Crippen molar-refractivity contribution in [3.8, 4) is 0 Å². The second-order valence-electron chi connectivity index (χ2n) is 9.45. The zero-order chi connectivity index (χ0) is 21.5. The Balaban J connectivity index is 2.05. The highest BCUT2D eigenvalue weighted by Crippen LogP contribution is 2.50. The van der Waals surface area contributed by atoms with Gasteiger partial charge in [0.1, 0.15) is 11.5 Å². The first-order valence-electron chi connectivity index (χ1n) is 10.7. The fourth-order valence-electron chi connectivity index (χ4n) is 5.51. The fraction of sp³-hybridized carbons (Fsp3) is 0.538. The summed E-state index contributed by atoms with van der Waals surface area (Å²) in [5.74, 6) is 1.27. The molecule has 2 unspecified atom stereocenters. The smallest absolute Gasteiger partial charge is 0.119 e. The van der Waals surface area contributed by atoms with Gasteiger partial charge in [-0.2, -0.15) is 0 Å². The van der Waals surface area contributed by atoms with Crippen molar-refractivity contribution in [2.75, 3.05) is 0 Å². The minimum Gasteiger partial charge on any atom is -0.512 e. The van der Waals surface area contributed by atoms with Gasteiger partial charge in [-0.15, -0.1) is 0 Å². The molecule has 3 rings (SSSR count). The molecule has 0 radical (unpaired) electrons. The van der Waals surface area contributed by atoms with Crippen LogP contribution in [0.4, 0.5) is 0 Å². The number of hydrogen-bond donors (Lipinski definition) is 2. The topological polar surface area (TPSA) is 40.5 Å². The van der Waals surface area contributed by atoms with Gasteiger partial charge in [0, 0.05) is 17.9 Å². The molecule has 3 heteroatoms. The Hall–Kier alpha value is -1.48. The van der Waals surface area contributed by atoms with Crippen molar-refractivity contribution in [2.45, 2.75) is 58.2 Å². The zero-order valence-electron chi connectivity index (χ0n) is 18.2. The third-order valence-corrected chi connectivity index (χ3v) is 8.18. The van der Waals surface area contributed by atoms with Crippen molar-refractivity contribution < 1.29 is 10.2 Å². The van der Waals surface area contributed by atoms with Crippen LogP contribution in [0.2, 0.25) is 0 Å². The van der Waals surface area contributed by atoms with E-state index in [1.807, 2.05) is 0 Å². The number of aliphatic hydroxyl groups is 2. The first-order valence-corrected chi connectivity index (χ1v) is 11.7.